The van der Waals surface area contributed by atoms with Gasteiger partial charge >= 0.3 is 6.61 Å². The largest absolute Gasteiger partial charge is 0.435 e. The maximum Gasteiger partial charge on any atom is 0.387 e. The van der Waals surface area contributed by atoms with Gasteiger partial charge in [-0.1, -0.05) is 17.2 Å². The average molecular weight is 299 g/mol. The van der Waals surface area contributed by atoms with E-state index in [0.717, 1.165) is 0 Å². The number of benzene rings is 1. The molecule has 0 fully saturated rings. The average Bonchev–Trinajstić information content (AvgIpc) is 2.42. The first-order valence-corrected chi connectivity index (χ1v) is 6.01. The van der Waals surface area contributed by atoms with Crippen molar-refractivity contribution in [3.05, 3.63) is 40.3 Å². The van der Waals surface area contributed by atoms with Crippen LogP contribution in [0.4, 0.5) is 8.78 Å². The van der Waals surface area contributed by atoms with Crippen LogP contribution in [0.2, 0.25) is 0 Å². The van der Waals surface area contributed by atoms with Crippen LogP contribution in [0.15, 0.2) is 29.4 Å². The number of nitrogens with zero attached hydrogens (tertiary/aromatic N) is 3. The Kier molecular flexibility index (Phi) is 5.89. The predicted octanol–water partition coefficient (Wildman–Crippen LogP) is 1.89. The zero-order valence-electron chi connectivity index (χ0n) is 11.3. The number of carbonyl (C=O) groups excluding carboxylic acids is 1. The van der Waals surface area contributed by atoms with Gasteiger partial charge in [0.25, 0.3) is 0 Å². The van der Waals surface area contributed by atoms with Gasteiger partial charge in [-0.15, -0.1) is 0 Å². The van der Waals surface area contributed by atoms with Gasteiger partial charge < -0.3 is 10.5 Å². The van der Waals surface area contributed by atoms with E-state index in [1.165, 1.54) is 25.1 Å². The van der Waals surface area contributed by atoms with Gasteiger partial charge in [-0.2, -0.15) is 8.78 Å². The first kappa shape index (κ1) is 16.7. The molecule has 1 aromatic carbocycles. The molecule has 1 rings (SSSR count). The Labute approximate surface area is 119 Å². The Balaban J connectivity index is 2.98. The summed E-state index contributed by atoms with van der Waals surface area (Å²) >= 11 is 0. The molecule has 1 amide bonds. The van der Waals surface area contributed by atoms with Crippen LogP contribution in [0.1, 0.15) is 12.5 Å². The molecule has 1 atom stereocenters. The smallest absolute Gasteiger partial charge is 0.387 e. The van der Waals surface area contributed by atoms with Gasteiger partial charge in [-0.05, 0) is 30.2 Å². The zero-order chi connectivity index (χ0) is 15.9. The molecule has 0 spiro atoms. The van der Waals surface area contributed by atoms with E-state index in [2.05, 4.69) is 20.1 Å². The highest BCUT2D eigenvalue weighted by Gasteiger charge is 2.32. The lowest BCUT2D eigenvalue weighted by Crippen LogP contribution is -2.51. The summed E-state index contributed by atoms with van der Waals surface area (Å²) in [5.41, 5.74) is 12.6. The highest BCUT2D eigenvalue weighted by atomic mass is 19.3. The number of hydrogen-bond donors (Lipinski definition) is 2. The SMILES string of the molecule is CC(NCCN=[N+]=[N-])(C(N)=O)c1cccc(OC(F)F)c1. The second kappa shape index (κ2) is 7.41. The number of primary amides is 1. The molecule has 0 saturated carbocycles. The van der Waals surface area contributed by atoms with E-state index >= 15 is 0 Å². The minimum Gasteiger partial charge on any atom is -0.435 e. The van der Waals surface area contributed by atoms with Crippen LogP contribution in [0.5, 0.6) is 5.75 Å². The van der Waals surface area contributed by atoms with Crippen molar-refractivity contribution in [2.45, 2.75) is 19.1 Å². The minimum atomic E-state index is -2.96. The monoisotopic (exact) mass is 299 g/mol. The molecule has 21 heavy (non-hydrogen) atoms. The van der Waals surface area contributed by atoms with Gasteiger partial charge in [0.2, 0.25) is 5.91 Å². The number of nitrogens with two attached hydrogens (primary N) is 1. The van der Waals surface area contributed by atoms with Crippen LogP contribution in [-0.4, -0.2) is 25.6 Å². The number of carbonyl (C=O) groups is 1. The fourth-order valence-electron chi connectivity index (χ4n) is 1.72. The van der Waals surface area contributed by atoms with E-state index in [1.54, 1.807) is 6.07 Å². The molecule has 0 radical (unpaired) electrons. The summed E-state index contributed by atoms with van der Waals surface area (Å²) in [7, 11) is 0. The molecule has 1 aromatic rings. The highest BCUT2D eigenvalue weighted by Crippen LogP contribution is 2.25. The number of hydrogen-bond acceptors (Lipinski definition) is 4. The topological polar surface area (TPSA) is 113 Å². The number of amides is 1. The van der Waals surface area contributed by atoms with Crippen molar-refractivity contribution in [3.63, 3.8) is 0 Å². The summed E-state index contributed by atoms with van der Waals surface area (Å²) in [5, 5.41) is 6.17. The summed E-state index contributed by atoms with van der Waals surface area (Å²) < 4.78 is 28.7. The maximum atomic E-state index is 12.2. The van der Waals surface area contributed by atoms with Crippen molar-refractivity contribution in [2.24, 2.45) is 10.8 Å². The lowest BCUT2D eigenvalue weighted by atomic mass is 9.91. The quantitative estimate of drug-likeness (QED) is 0.330. The van der Waals surface area contributed by atoms with Crippen LogP contribution in [0.25, 0.3) is 10.4 Å². The van der Waals surface area contributed by atoms with Gasteiger partial charge in [-0.3, -0.25) is 10.1 Å². The van der Waals surface area contributed by atoms with Gasteiger partial charge in [-0.25, -0.2) is 0 Å². The van der Waals surface area contributed by atoms with Crippen molar-refractivity contribution in [1.29, 1.82) is 0 Å². The Morgan fingerprint density at radius 3 is 2.90 bits per heavy atom. The van der Waals surface area contributed by atoms with Crippen LogP contribution >= 0.6 is 0 Å². The molecule has 0 aliphatic heterocycles. The van der Waals surface area contributed by atoms with E-state index < -0.39 is 18.1 Å². The Morgan fingerprint density at radius 1 is 1.62 bits per heavy atom. The van der Waals surface area contributed by atoms with Crippen molar-refractivity contribution in [3.8, 4) is 5.75 Å². The fourth-order valence-corrected chi connectivity index (χ4v) is 1.72. The number of ether oxygens (including phenoxy) is 1. The summed E-state index contributed by atoms with van der Waals surface area (Å²) in [5.74, 6) is -0.774. The van der Waals surface area contributed by atoms with Crippen molar-refractivity contribution in [2.75, 3.05) is 13.1 Å². The minimum absolute atomic E-state index is 0.0770. The van der Waals surface area contributed by atoms with Crippen LogP contribution in [-0.2, 0) is 10.3 Å². The normalized spacial score (nSPS) is 13.3. The second-order valence-corrected chi connectivity index (χ2v) is 4.28. The third-order valence-corrected chi connectivity index (χ3v) is 2.88. The molecule has 0 aromatic heterocycles. The number of halogens is 2. The summed E-state index contributed by atoms with van der Waals surface area (Å²) in [4.78, 5) is 14.3. The first-order valence-electron chi connectivity index (χ1n) is 6.01. The van der Waals surface area contributed by atoms with Crippen LogP contribution < -0.4 is 15.8 Å². The Morgan fingerprint density at radius 2 is 2.33 bits per heavy atom. The third kappa shape index (κ3) is 4.59. The second-order valence-electron chi connectivity index (χ2n) is 4.28. The van der Waals surface area contributed by atoms with Gasteiger partial charge in [0.1, 0.15) is 11.3 Å². The van der Waals surface area contributed by atoms with Crippen molar-refractivity contribution < 1.29 is 18.3 Å². The highest BCUT2D eigenvalue weighted by molar-refractivity contribution is 5.85. The van der Waals surface area contributed by atoms with Gasteiger partial charge in [0.15, 0.2) is 0 Å². The summed E-state index contributed by atoms with van der Waals surface area (Å²) in [6, 6.07) is 5.68. The number of rotatable bonds is 8. The molecule has 114 valence electrons. The number of azide groups is 1. The van der Waals surface area contributed by atoms with Crippen LogP contribution in [0, 0.1) is 0 Å². The molecule has 9 heteroatoms. The number of nitrogens with one attached hydrogen (secondary N) is 1. The van der Waals surface area contributed by atoms with E-state index in [0.29, 0.717) is 5.56 Å². The van der Waals surface area contributed by atoms with Crippen molar-refractivity contribution in [1.82, 2.24) is 5.32 Å². The summed E-state index contributed by atoms with van der Waals surface area (Å²) in [6.45, 7) is -1.14. The molecule has 0 saturated heterocycles. The van der Waals surface area contributed by atoms with E-state index in [4.69, 9.17) is 11.3 Å². The number of alkyl halides is 2. The molecule has 1 unspecified atom stereocenters. The molecule has 7 nitrogen and oxygen atoms in total. The van der Waals surface area contributed by atoms with Gasteiger partial charge in [0, 0.05) is 18.0 Å². The maximum absolute atomic E-state index is 12.2. The van der Waals surface area contributed by atoms with Gasteiger partial charge in [0.05, 0.1) is 0 Å². The molecule has 0 aliphatic rings. The van der Waals surface area contributed by atoms with E-state index in [-0.39, 0.29) is 18.8 Å². The Bertz CT molecular complexity index is 548. The molecule has 0 bridgehead atoms. The predicted molar refractivity (Wildman–Crippen MR) is 71.6 cm³/mol. The van der Waals surface area contributed by atoms with E-state index in [9.17, 15) is 13.6 Å². The third-order valence-electron chi connectivity index (χ3n) is 2.88. The standard InChI is InChI=1S/C12H15F2N5O2/c1-12(10(15)20,17-5-6-18-19-16)8-3-2-4-9(7-8)21-11(13)14/h2-4,7,11,17H,5-6H2,1H3,(H2,15,20). The summed E-state index contributed by atoms with van der Waals surface area (Å²) in [6.07, 6.45) is 0. The lowest BCUT2D eigenvalue weighted by molar-refractivity contribution is -0.124. The Hall–Kier alpha value is -2.38. The molecular formula is C12H15F2N5O2. The zero-order valence-corrected chi connectivity index (χ0v) is 11.3. The molecule has 3 N–H and O–H groups in total. The first-order chi connectivity index (χ1) is 9.90. The molecular weight excluding hydrogens is 284 g/mol. The molecule has 0 heterocycles. The molecule has 0 aliphatic carbocycles. The van der Waals surface area contributed by atoms with Crippen LogP contribution in [0.3, 0.4) is 0 Å². The fraction of sp³-hybridized carbons (Fsp3) is 0.417. The lowest BCUT2D eigenvalue weighted by Gasteiger charge is -2.28. The van der Waals surface area contributed by atoms with Crippen molar-refractivity contribution >= 4 is 5.91 Å². The van der Waals surface area contributed by atoms with E-state index in [1.807, 2.05) is 0 Å².